The molecule has 20 heavy (non-hydrogen) atoms. The molecular formula is C14H26N4OS. The maximum Gasteiger partial charge on any atom is 0.135 e. The number of aryl methyl sites for hydroxylation is 1. The zero-order valence-electron chi connectivity index (χ0n) is 13.0. The minimum Gasteiger partial charge on any atom is -0.395 e. The van der Waals surface area contributed by atoms with Gasteiger partial charge in [0, 0.05) is 23.4 Å². The van der Waals surface area contributed by atoms with Crippen LogP contribution in [-0.4, -0.2) is 45.8 Å². The van der Waals surface area contributed by atoms with Gasteiger partial charge in [-0.15, -0.1) is 0 Å². The third-order valence-electron chi connectivity index (χ3n) is 3.20. The van der Waals surface area contributed by atoms with Crippen LogP contribution >= 0.6 is 11.8 Å². The van der Waals surface area contributed by atoms with E-state index in [1.54, 1.807) is 11.8 Å². The molecule has 0 aliphatic rings. The number of aliphatic hydroxyl groups is 1. The lowest BCUT2D eigenvalue weighted by Crippen LogP contribution is -2.31. The summed E-state index contributed by atoms with van der Waals surface area (Å²) in [5.41, 5.74) is 1.02. The van der Waals surface area contributed by atoms with E-state index in [-0.39, 0.29) is 17.9 Å². The van der Waals surface area contributed by atoms with Gasteiger partial charge in [0.05, 0.1) is 6.61 Å². The first-order valence-corrected chi connectivity index (χ1v) is 8.31. The summed E-state index contributed by atoms with van der Waals surface area (Å²) in [6.07, 6.45) is 3.06. The second-order valence-electron chi connectivity index (χ2n) is 4.91. The first-order valence-electron chi connectivity index (χ1n) is 7.02. The Hall–Kier alpha value is -1.01. The lowest BCUT2D eigenvalue weighted by Gasteiger charge is -2.23. The molecule has 0 aliphatic carbocycles. The third-order valence-corrected chi connectivity index (χ3v) is 4.37. The Bertz CT molecular complexity index is 424. The Kier molecular flexibility index (Phi) is 7.09. The first kappa shape index (κ1) is 17.0. The van der Waals surface area contributed by atoms with Crippen LogP contribution in [0, 0.1) is 13.8 Å². The Morgan fingerprint density at radius 1 is 1.25 bits per heavy atom. The van der Waals surface area contributed by atoms with E-state index in [1.807, 2.05) is 20.1 Å². The van der Waals surface area contributed by atoms with Gasteiger partial charge in [-0.2, -0.15) is 11.8 Å². The zero-order chi connectivity index (χ0) is 15.1. The Balaban J connectivity index is 2.91. The lowest BCUT2D eigenvalue weighted by atomic mass is 10.2. The predicted molar refractivity (Wildman–Crippen MR) is 87.8 cm³/mol. The molecule has 2 atom stereocenters. The summed E-state index contributed by atoms with van der Waals surface area (Å²) >= 11 is 1.65. The molecule has 0 fully saturated rings. The fourth-order valence-electron chi connectivity index (χ4n) is 1.93. The molecule has 6 heteroatoms. The molecule has 0 radical (unpaired) electrons. The lowest BCUT2D eigenvalue weighted by molar-refractivity contribution is 0.288. The standard InChI is InChI=1S/C14H26N4OS/c1-6-7-15-13-9(2)14(18-11(4)17-13)16-10(3)12(8-19)20-5/h10,12,19H,6-8H2,1-5H3,(H2,15,16,17,18). The van der Waals surface area contributed by atoms with Crippen molar-refractivity contribution in [2.45, 2.75) is 45.4 Å². The second kappa shape index (κ2) is 8.32. The van der Waals surface area contributed by atoms with Crippen molar-refractivity contribution in [2.75, 3.05) is 30.0 Å². The monoisotopic (exact) mass is 298 g/mol. The molecule has 1 rings (SSSR count). The summed E-state index contributed by atoms with van der Waals surface area (Å²) in [6.45, 7) is 9.15. The molecule has 0 amide bonds. The van der Waals surface area contributed by atoms with Gasteiger partial charge < -0.3 is 15.7 Å². The number of thioether (sulfide) groups is 1. The van der Waals surface area contributed by atoms with Crippen LogP contribution < -0.4 is 10.6 Å². The van der Waals surface area contributed by atoms with Crippen LogP contribution in [0.2, 0.25) is 0 Å². The highest BCUT2D eigenvalue weighted by atomic mass is 32.2. The second-order valence-corrected chi connectivity index (χ2v) is 5.99. The highest BCUT2D eigenvalue weighted by Crippen LogP contribution is 2.22. The quantitative estimate of drug-likeness (QED) is 0.685. The SMILES string of the molecule is CCCNc1nc(C)nc(NC(C)C(CO)SC)c1C. The van der Waals surface area contributed by atoms with Gasteiger partial charge in [0.25, 0.3) is 0 Å². The van der Waals surface area contributed by atoms with E-state index in [0.29, 0.717) is 0 Å². The first-order chi connectivity index (χ1) is 9.53. The van der Waals surface area contributed by atoms with Crippen molar-refractivity contribution in [1.29, 1.82) is 0 Å². The molecule has 0 bridgehead atoms. The average molecular weight is 298 g/mol. The van der Waals surface area contributed by atoms with E-state index in [1.165, 1.54) is 0 Å². The molecule has 3 N–H and O–H groups in total. The summed E-state index contributed by atoms with van der Waals surface area (Å²) in [7, 11) is 0. The highest BCUT2D eigenvalue weighted by molar-refractivity contribution is 7.99. The number of hydrogen-bond acceptors (Lipinski definition) is 6. The van der Waals surface area contributed by atoms with E-state index in [9.17, 15) is 5.11 Å². The van der Waals surface area contributed by atoms with Gasteiger partial charge in [-0.1, -0.05) is 6.92 Å². The molecule has 2 unspecified atom stereocenters. The van der Waals surface area contributed by atoms with Gasteiger partial charge in [-0.25, -0.2) is 9.97 Å². The maximum atomic E-state index is 9.36. The van der Waals surface area contributed by atoms with Crippen molar-refractivity contribution < 1.29 is 5.11 Å². The van der Waals surface area contributed by atoms with Crippen molar-refractivity contribution in [3.63, 3.8) is 0 Å². The number of nitrogens with zero attached hydrogens (tertiary/aromatic N) is 2. The number of rotatable bonds is 8. The summed E-state index contributed by atoms with van der Waals surface area (Å²) in [5, 5.41) is 16.2. The van der Waals surface area contributed by atoms with Gasteiger partial charge in [-0.3, -0.25) is 0 Å². The van der Waals surface area contributed by atoms with Gasteiger partial charge in [0.15, 0.2) is 0 Å². The zero-order valence-corrected chi connectivity index (χ0v) is 13.8. The van der Waals surface area contributed by atoms with Crippen LogP contribution in [0.15, 0.2) is 0 Å². The fourth-order valence-corrected chi connectivity index (χ4v) is 2.56. The van der Waals surface area contributed by atoms with Gasteiger partial charge in [0.1, 0.15) is 17.5 Å². The third kappa shape index (κ3) is 4.52. The molecule has 0 aromatic carbocycles. The molecule has 0 aliphatic heterocycles. The molecule has 0 spiro atoms. The van der Waals surface area contributed by atoms with Crippen molar-refractivity contribution in [1.82, 2.24) is 9.97 Å². The average Bonchev–Trinajstić information content (AvgIpc) is 2.42. The van der Waals surface area contributed by atoms with Crippen LogP contribution in [0.1, 0.15) is 31.7 Å². The van der Waals surface area contributed by atoms with Crippen LogP contribution in [0.25, 0.3) is 0 Å². The molecular weight excluding hydrogens is 272 g/mol. The largest absolute Gasteiger partial charge is 0.395 e. The maximum absolute atomic E-state index is 9.36. The Morgan fingerprint density at radius 3 is 2.45 bits per heavy atom. The number of aromatic nitrogens is 2. The van der Waals surface area contributed by atoms with Crippen LogP contribution in [0.5, 0.6) is 0 Å². The number of nitrogens with one attached hydrogen (secondary N) is 2. The molecule has 1 aromatic rings. The van der Waals surface area contributed by atoms with Crippen molar-refractivity contribution in [3.05, 3.63) is 11.4 Å². The van der Waals surface area contributed by atoms with Crippen LogP contribution in [-0.2, 0) is 0 Å². The molecule has 1 heterocycles. The van der Waals surface area contributed by atoms with Crippen LogP contribution in [0.4, 0.5) is 11.6 Å². The summed E-state index contributed by atoms with van der Waals surface area (Å²) in [5.74, 6) is 2.48. The predicted octanol–water partition coefficient (Wildman–Crippen LogP) is 2.44. The van der Waals surface area contributed by atoms with Gasteiger partial charge >= 0.3 is 0 Å². The van der Waals surface area contributed by atoms with Gasteiger partial charge in [0.2, 0.25) is 0 Å². The van der Waals surface area contributed by atoms with Crippen molar-refractivity contribution in [3.8, 4) is 0 Å². The van der Waals surface area contributed by atoms with E-state index in [0.717, 1.165) is 36.0 Å². The van der Waals surface area contributed by atoms with Crippen LogP contribution in [0.3, 0.4) is 0 Å². The normalized spacial score (nSPS) is 13.9. The Morgan fingerprint density at radius 2 is 1.90 bits per heavy atom. The summed E-state index contributed by atoms with van der Waals surface area (Å²) in [6, 6.07) is 0.141. The summed E-state index contributed by atoms with van der Waals surface area (Å²) < 4.78 is 0. The van der Waals surface area contributed by atoms with Crippen molar-refractivity contribution >= 4 is 23.4 Å². The fraction of sp³-hybridized carbons (Fsp3) is 0.714. The molecule has 5 nitrogen and oxygen atoms in total. The number of anilines is 2. The molecule has 0 saturated carbocycles. The van der Waals surface area contributed by atoms with Crippen molar-refractivity contribution in [2.24, 2.45) is 0 Å². The van der Waals surface area contributed by atoms with Gasteiger partial charge in [-0.05, 0) is 33.4 Å². The molecule has 0 saturated heterocycles. The molecule has 1 aromatic heterocycles. The Labute approximate surface area is 126 Å². The van der Waals surface area contributed by atoms with E-state index in [2.05, 4.69) is 34.4 Å². The van der Waals surface area contributed by atoms with E-state index < -0.39 is 0 Å². The number of aliphatic hydroxyl groups excluding tert-OH is 1. The minimum atomic E-state index is 0.141. The highest BCUT2D eigenvalue weighted by Gasteiger charge is 2.17. The summed E-state index contributed by atoms with van der Waals surface area (Å²) in [4.78, 5) is 8.93. The van der Waals surface area contributed by atoms with E-state index in [4.69, 9.17) is 0 Å². The smallest absolute Gasteiger partial charge is 0.135 e. The van der Waals surface area contributed by atoms with E-state index >= 15 is 0 Å². The minimum absolute atomic E-state index is 0.141. The molecule has 114 valence electrons. The number of hydrogen-bond donors (Lipinski definition) is 3. The topological polar surface area (TPSA) is 70.1 Å².